The van der Waals surface area contributed by atoms with E-state index in [1.165, 1.54) is 35.9 Å². The first-order valence-electron chi connectivity index (χ1n) is 8.42. The van der Waals surface area contributed by atoms with Crippen LogP contribution in [0.1, 0.15) is 5.56 Å². The number of thiazole rings is 1. The maximum atomic E-state index is 12.7. The number of nitrogens with zero attached hydrogens (tertiary/aromatic N) is 3. The molecule has 0 aliphatic carbocycles. The normalized spacial score (nSPS) is 11.2. The van der Waals surface area contributed by atoms with Crippen LogP contribution in [0.15, 0.2) is 65.1 Å². The van der Waals surface area contributed by atoms with Crippen molar-refractivity contribution in [3.63, 3.8) is 0 Å². The number of nitriles is 1. The van der Waals surface area contributed by atoms with Crippen LogP contribution < -0.4 is 9.46 Å². The Morgan fingerprint density at radius 2 is 1.97 bits per heavy atom. The minimum absolute atomic E-state index is 0.0360. The average Bonchev–Trinajstić information content (AvgIpc) is 3.24. The summed E-state index contributed by atoms with van der Waals surface area (Å²) in [6.07, 6.45) is 2.96. The number of aromatic nitrogens is 2. The first-order valence-corrected chi connectivity index (χ1v) is 10.8. The molecular formula is C20H14N4O3S2. The van der Waals surface area contributed by atoms with Gasteiger partial charge in [-0.25, -0.2) is 13.4 Å². The van der Waals surface area contributed by atoms with Gasteiger partial charge in [0.25, 0.3) is 10.0 Å². The maximum absolute atomic E-state index is 12.7. The molecule has 144 valence electrons. The molecule has 29 heavy (non-hydrogen) atoms. The standard InChI is InChI=1S/C20H14N4O3S2/c1-27-18-5-3-2-4-16(18)19-15-7-6-14(10-17(15)13(11-21)12-23-19)29(25,26)24-20-22-8-9-28-20/h2-10,12H,1H3,(H,22,24). The number of rotatable bonds is 5. The summed E-state index contributed by atoms with van der Waals surface area (Å²) < 4.78 is 33.3. The van der Waals surface area contributed by atoms with Gasteiger partial charge in [0, 0.05) is 34.1 Å². The second kappa shape index (κ2) is 7.50. The predicted molar refractivity (Wildman–Crippen MR) is 111 cm³/mol. The highest BCUT2D eigenvalue weighted by atomic mass is 32.2. The lowest BCUT2D eigenvalue weighted by molar-refractivity contribution is 0.416. The van der Waals surface area contributed by atoms with E-state index < -0.39 is 10.0 Å². The Morgan fingerprint density at radius 1 is 1.14 bits per heavy atom. The first kappa shape index (κ1) is 18.9. The van der Waals surface area contributed by atoms with Crippen molar-refractivity contribution in [2.45, 2.75) is 4.90 Å². The zero-order valence-electron chi connectivity index (χ0n) is 15.2. The molecule has 0 fully saturated rings. The number of methoxy groups -OCH3 is 1. The van der Waals surface area contributed by atoms with Crippen molar-refractivity contribution in [3.05, 3.63) is 65.8 Å². The van der Waals surface area contributed by atoms with Crippen LogP contribution in [0, 0.1) is 11.3 Å². The van der Waals surface area contributed by atoms with Crippen molar-refractivity contribution in [2.24, 2.45) is 0 Å². The molecule has 2 heterocycles. The zero-order chi connectivity index (χ0) is 20.4. The highest BCUT2D eigenvalue weighted by molar-refractivity contribution is 7.93. The molecule has 4 aromatic rings. The van der Waals surface area contributed by atoms with Crippen LogP contribution in [0.2, 0.25) is 0 Å². The van der Waals surface area contributed by atoms with Crippen molar-refractivity contribution in [2.75, 3.05) is 11.8 Å². The Kier molecular flexibility index (Phi) is 4.88. The fraction of sp³-hybridized carbons (Fsp3) is 0.0500. The summed E-state index contributed by atoms with van der Waals surface area (Å²) in [5.74, 6) is 0.633. The van der Waals surface area contributed by atoms with E-state index in [4.69, 9.17) is 4.74 Å². The summed E-state index contributed by atoms with van der Waals surface area (Å²) in [4.78, 5) is 8.42. The molecule has 2 aromatic heterocycles. The lowest BCUT2D eigenvalue weighted by atomic mass is 10.0. The number of sulfonamides is 1. The summed E-state index contributed by atoms with van der Waals surface area (Å²) in [5.41, 5.74) is 1.64. The zero-order valence-corrected chi connectivity index (χ0v) is 16.8. The monoisotopic (exact) mass is 422 g/mol. The molecule has 9 heteroatoms. The van der Waals surface area contributed by atoms with Crippen molar-refractivity contribution in [1.29, 1.82) is 5.26 Å². The van der Waals surface area contributed by atoms with Gasteiger partial charge >= 0.3 is 0 Å². The van der Waals surface area contributed by atoms with Gasteiger partial charge in [0.1, 0.15) is 11.8 Å². The van der Waals surface area contributed by atoms with Crippen LogP contribution in [0.5, 0.6) is 5.75 Å². The number of ether oxygens (including phenoxy) is 1. The molecule has 1 N–H and O–H groups in total. The van der Waals surface area contributed by atoms with E-state index in [0.717, 1.165) is 5.56 Å². The third-order valence-electron chi connectivity index (χ3n) is 4.31. The Bertz CT molecular complexity index is 1340. The van der Waals surface area contributed by atoms with E-state index in [1.807, 2.05) is 24.3 Å². The molecular weight excluding hydrogens is 408 g/mol. The molecule has 0 unspecified atom stereocenters. The molecule has 4 rings (SSSR count). The molecule has 0 saturated carbocycles. The molecule has 0 saturated heterocycles. The van der Waals surface area contributed by atoms with E-state index in [1.54, 1.807) is 18.6 Å². The van der Waals surface area contributed by atoms with Gasteiger partial charge in [0.05, 0.1) is 23.3 Å². The number of nitrogens with one attached hydrogen (secondary N) is 1. The summed E-state index contributed by atoms with van der Waals surface area (Å²) in [6, 6.07) is 14.1. The first-order chi connectivity index (χ1) is 14.0. The van der Waals surface area contributed by atoms with E-state index in [2.05, 4.69) is 20.8 Å². The fourth-order valence-corrected chi connectivity index (χ4v) is 4.79. The summed E-state index contributed by atoms with van der Waals surface area (Å²) in [5, 5.41) is 12.6. The lowest BCUT2D eigenvalue weighted by Gasteiger charge is -2.12. The van der Waals surface area contributed by atoms with Crippen molar-refractivity contribution >= 4 is 37.3 Å². The quantitative estimate of drug-likeness (QED) is 0.520. The minimum Gasteiger partial charge on any atom is -0.496 e. The second-order valence-corrected chi connectivity index (χ2v) is 8.56. The van der Waals surface area contributed by atoms with Crippen LogP contribution in [-0.2, 0) is 10.0 Å². The molecule has 0 aliphatic rings. The van der Waals surface area contributed by atoms with Gasteiger partial charge in [0.15, 0.2) is 5.13 Å². The van der Waals surface area contributed by atoms with Crippen LogP contribution >= 0.6 is 11.3 Å². The molecule has 0 amide bonds. The van der Waals surface area contributed by atoms with E-state index in [0.29, 0.717) is 22.2 Å². The van der Waals surface area contributed by atoms with Crippen molar-refractivity contribution in [1.82, 2.24) is 9.97 Å². The van der Waals surface area contributed by atoms with Crippen LogP contribution in [-0.4, -0.2) is 25.5 Å². The van der Waals surface area contributed by atoms with Crippen molar-refractivity contribution < 1.29 is 13.2 Å². The number of hydrogen-bond acceptors (Lipinski definition) is 7. The van der Waals surface area contributed by atoms with Crippen LogP contribution in [0.4, 0.5) is 5.13 Å². The second-order valence-electron chi connectivity index (χ2n) is 5.98. The number of hydrogen-bond donors (Lipinski definition) is 1. The SMILES string of the molecule is COc1ccccc1-c1ncc(C#N)c2cc(S(=O)(=O)Nc3nccs3)ccc12. The highest BCUT2D eigenvalue weighted by Gasteiger charge is 2.19. The van der Waals surface area contributed by atoms with Gasteiger partial charge in [-0.15, -0.1) is 11.3 Å². The molecule has 0 bridgehead atoms. The minimum atomic E-state index is -3.85. The highest BCUT2D eigenvalue weighted by Crippen LogP contribution is 2.35. The topological polar surface area (TPSA) is 105 Å². The molecule has 2 aromatic carbocycles. The Hall–Kier alpha value is -3.48. The maximum Gasteiger partial charge on any atom is 0.263 e. The number of fused-ring (bicyclic) bond motifs is 1. The summed E-state index contributed by atoms with van der Waals surface area (Å²) in [7, 11) is -2.28. The van der Waals surface area contributed by atoms with Gasteiger partial charge in [-0.05, 0) is 24.3 Å². The molecule has 0 aliphatic heterocycles. The Morgan fingerprint density at radius 3 is 2.69 bits per heavy atom. The van der Waals surface area contributed by atoms with E-state index in [9.17, 15) is 13.7 Å². The molecule has 0 radical (unpaired) electrons. The van der Waals surface area contributed by atoms with Gasteiger partial charge in [-0.2, -0.15) is 5.26 Å². The molecule has 0 spiro atoms. The number of para-hydroxylation sites is 1. The number of anilines is 1. The van der Waals surface area contributed by atoms with Crippen molar-refractivity contribution in [3.8, 4) is 23.1 Å². The summed E-state index contributed by atoms with van der Waals surface area (Å²) >= 11 is 1.18. The van der Waals surface area contributed by atoms with Gasteiger partial charge in [0.2, 0.25) is 0 Å². The van der Waals surface area contributed by atoms with E-state index >= 15 is 0 Å². The lowest BCUT2D eigenvalue weighted by Crippen LogP contribution is -2.12. The number of benzene rings is 2. The fourth-order valence-electron chi connectivity index (χ4n) is 2.98. The Labute approximate surface area is 171 Å². The molecule has 0 atom stereocenters. The van der Waals surface area contributed by atoms with Gasteiger partial charge < -0.3 is 4.74 Å². The van der Waals surface area contributed by atoms with E-state index in [-0.39, 0.29) is 15.6 Å². The third-order valence-corrected chi connectivity index (χ3v) is 6.46. The Balaban J connectivity index is 1.90. The van der Waals surface area contributed by atoms with Gasteiger partial charge in [-0.3, -0.25) is 9.71 Å². The average molecular weight is 422 g/mol. The van der Waals surface area contributed by atoms with Gasteiger partial charge in [-0.1, -0.05) is 18.2 Å². The smallest absolute Gasteiger partial charge is 0.263 e. The molecule has 7 nitrogen and oxygen atoms in total. The van der Waals surface area contributed by atoms with Crippen LogP contribution in [0.25, 0.3) is 22.0 Å². The predicted octanol–water partition coefficient (Wildman–Crippen LogP) is 4.04. The third kappa shape index (κ3) is 3.51. The number of pyridine rings is 1. The largest absolute Gasteiger partial charge is 0.496 e. The summed E-state index contributed by atoms with van der Waals surface area (Å²) in [6.45, 7) is 0. The van der Waals surface area contributed by atoms with Crippen LogP contribution in [0.3, 0.4) is 0 Å².